The number of pyridine rings is 1. The fourth-order valence-electron chi connectivity index (χ4n) is 6.17. The van der Waals surface area contributed by atoms with Crippen LogP contribution < -0.4 is 0 Å². The van der Waals surface area contributed by atoms with Crippen LogP contribution in [0, 0.1) is 0 Å². The Kier molecular flexibility index (Phi) is 5.74. The summed E-state index contributed by atoms with van der Waals surface area (Å²) in [5.41, 5.74) is 7.53. The van der Waals surface area contributed by atoms with Crippen molar-refractivity contribution in [3.8, 4) is 45.3 Å². The number of fused-ring (bicyclic) bond motifs is 5. The van der Waals surface area contributed by atoms with Gasteiger partial charge in [0, 0.05) is 44.6 Å². The molecule has 0 aliphatic carbocycles. The van der Waals surface area contributed by atoms with E-state index >= 15 is 0 Å². The molecule has 3 heterocycles. The van der Waals surface area contributed by atoms with Crippen LogP contribution in [0.15, 0.2) is 150 Å². The van der Waals surface area contributed by atoms with Gasteiger partial charge in [-0.05, 0) is 46.7 Å². The second-order valence-corrected chi connectivity index (χ2v) is 11.1. The van der Waals surface area contributed by atoms with E-state index in [1.807, 2.05) is 85.1 Å². The Labute approximate surface area is 258 Å². The first-order chi connectivity index (χ1) is 22.3. The molecule has 0 spiro atoms. The molecule has 0 saturated carbocycles. The van der Waals surface area contributed by atoms with Crippen LogP contribution in [0.25, 0.3) is 88.9 Å². The maximum atomic E-state index is 6.21. The Hall–Kier alpha value is -6.20. The molecule has 0 amide bonds. The lowest BCUT2D eigenvalue weighted by Gasteiger charge is -2.12. The quantitative estimate of drug-likeness (QED) is 0.209. The van der Waals surface area contributed by atoms with Gasteiger partial charge < -0.3 is 4.42 Å². The number of hydrogen-bond acceptors (Lipinski definition) is 5. The molecule has 0 atom stereocenters. The summed E-state index contributed by atoms with van der Waals surface area (Å²) in [6.07, 6.45) is 1.94. The average Bonchev–Trinajstić information content (AvgIpc) is 3.50. The summed E-state index contributed by atoms with van der Waals surface area (Å²) in [6, 6.07) is 47.4. The van der Waals surface area contributed by atoms with E-state index in [0.29, 0.717) is 17.5 Å². The highest BCUT2D eigenvalue weighted by atomic mass is 16.3. The molecule has 0 N–H and O–H groups in total. The fourth-order valence-corrected chi connectivity index (χ4v) is 6.17. The number of rotatable bonds is 4. The Balaban J connectivity index is 1.28. The molecule has 0 aliphatic rings. The maximum Gasteiger partial charge on any atom is 0.164 e. The first kappa shape index (κ1) is 25.3. The van der Waals surface area contributed by atoms with Crippen molar-refractivity contribution in [2.75, 3.05) is 0 Å². The molecular formula is C40H24N4O. The molecule has 0 radical (unpaired) electrons. The van der Waals surface area contributed by atoms with Crippen molar-refractivity contribution in [1.29, 1.82) is 0 Å². The predicted octanol–water partition coefficient (Wildman–Crippen LogP) is 10.1. The number of para-hydroxylation sites is 2. The van der Waals surface area contributed by atoms with Crippen LogP contribution in [-0.2, 0) is 0 Å². The van der Waals surface area contributed by atoms with Gasteiger partial charge >= 0.3 is 0 Å². The molecule has 45 heavy (non-hydrogen) atoms. The number of aromatic nitrogens is 4. The van der Waals surface area contributed by atoms with E-state index in [4.69, 9.17) is 24.4 Å². The lowest BCUT2D eigenvalue weighted by atomic mass is 9.98. The van der Waals surface area contributed by atoms with Gasteiger partial charge in [0.1, 0.15) is 11.2 Å². The molecule has 0 fully saturated rings. The number of hydrogen-bond donors (Lipinski definition) is 0. The molecular weight excluding hydrogens is 552 g/mol. The van der Waals surface area contributed by atoms with E-state index in [9.17, 15) is 0 Å². The van der Waals surface area contributed by atoms with Gasteiger partial charge in [0.2, 0.25) is 0 Å². The third-order valence-electron chi connectivity index (χ3n) is 8.36. The molecule has 9 aromatic rings. The molecule has 5 nitrogen and oxygen atoms in total. The maximum absolute atomic E-state index is 6.21. The van der Waals surface area contributed by atoms with Gasteiger partial charge in [0.25, 0.3) is 0 Å². The molecule has 0 unspecified atom stereocenters. The lowest BCUT2D eigenvalue weighted by Crippen LogP contribution is -2.01. The average molecular weight is 577 g/mol. The first-order valence-electron chi connectivity index (χ1n) is 14.9. The van der Waals surface area contributed by atoms with Crippen LogP contribution in [-0.4, -0.2) is 19.9 Å². The zero-order valence-corrected chi connectivity index (χ0v) is 24.1. The molecule has 9 rings (SSSR count). The highest BCUT2D eigenvalue weighted by molar-refractivity contribution is 6.11. The second kappa shape index (κ2) is 10.2. The van der Waals surface area contributed by atoms with Crippen LogP contribution in [0.2, 0.25) is 0 Å². The van der Waals surface area contributed by atoms with Crippen molar-refractivity contribution >= 4 is 43.6 Å². The van der Waals surface area contributed by atoms with Crippen LogP contribution in [0.1, 0.15) is 0 Å². The first-order valence-corrected chi connectivity index (χ1v) is 14.9. The molecule has 6 aromatic carbocycles. The third-order valence-corrected chi connectivity index (χ3v) is 8.36. The SMILES string of the molecule is c1ccc(-c2nc(-c3cccc4ccc(-c5cnc6ccccc6c5)cc34)nc(-c3cccc4oc5ccccc5c34)n2)cc1. The van der Waals surface area contributed by atoms with Crippen LogP contribution >= 0.6 is 0 Å². The van der Waals surface area contributed by atoms with Crippen LogP contribution in [0.5, 0.6) is 0 Å². The van der Waals surface area contributed by atoms with E-state index in [2.05, 4.69) is 60.7 Å². The number of nitrogens with zero attached hydrogens (tertiary/aromatic N) is 4. The molecule has 0 saturated heterocycles. The summed E-state index contributed by atoms with van der Waals surface area (Å²) in [7, 11) is 0. The molecule has 0 bridgehead atoms. The summed E-state index contributed by atoms with van der Waals surface area (Å²) in [6.45, 7) is 0. The van der Waals surface area contributed by atoms with Gasteiger partial charge in [-0.25, -0.2) is 15.0 Å². The summed E-state index contributed by atoms with van der Waals surface area (Å²) in [4.78, 5) is 20.0. The lowest BCUT2D eigenvalue weighted by molar-refractivity contribution is 0.669. The molecule has 210 valence electrons. The standard InChI is InChI=1S/C40H24N4O/c1-2-10-26(11-3-1)38-42-39(44-40(43-38)32-16-9-19-36-37(32)31-14-5-7-18-35(31)45-36)30-15-8-13-25-20-21-27(23-33(25)30)29-22-28-12-4-6-17-34(28)41-24-29/h1-24H. The minimum Gasteiger partial charge on any atom is -0.456 e. The highest BCUT2D eigenvalue weighted by Crippen LogP contribution is 2.37. The van der Waals surface area contributed by atoms with E-state index in [1.165, 1.54) is 0 Å². The smallest absolute Gasteiger partial charge is 0.164 e. The van der Waals surface area contributed by atoms with E-state index in [0.717, 1.165) is 71.4 Å². The van der Waals surface area contributed by atoms with Crippen molar-refractivity contribution < 1.29 is 4.42 Å². The van der Waals surface area contributed by atoms with Gasteiger partial charge in [-0.15, -0.1) is 0 Å². The van der Waals surface area contributed by atoms with Crippen molar-refractivity contribution in [3.63, 3.8) is 0 Å². The van der Waals surface area contributed by atoms with Gasteiger partial charge in [-0.2, -0.15) is 0 Å². The Morgan fingerprint density at radius 1 is 0.422 bits per heavy atom. The third kappa shape index (κ3) is 4.33. The van der Waals surface area contributed by atoms with Gasteiger partial charge in [0.15, 0.2) is 17.5 Å². The van der Waals surface area contributed by atoms with E-state index in [-0.39, 0.29) is 0 Å². The number of benzene rings is 6. The normalized spacial score (nSPS) is 11.6. The Morgan fingerprint density at radius 3 is 2.07 bits per heavy atom. The largest absolute Gasteiger partial charge is 0.456 e. The number of furan rings is 1. The minimum absolute atomic E-state index is 0.600. The topological polar surface area (TPSA) is 64.7 Å². The summed E-state index contributed by atoms with van der Waals surface area (Å²) in [5, 5.41) is 5.31. The monoisotopic (exact) mass is 576 g/mol. The molecule has 0 aliphatic heterocycles. The molecule has 3 aromatic heterocycles. The predicted molar refractivity (Wildman–Crippen MR) is 182 cm³/mol. The van der Waals surface area contributed by atoms with Crippen molar-refractivity contribution in [2.24, 2.45) is 0 Å². The summed E-state index contributed by atoms with van der Waals surface area (Å²) >= 11 is 0. The zero-order valence-electron chi connectivity index (χ0n) is 24.1. The van der Waals surface area contributed by atoms with Crippen molar-refractivity contribution in [1.82, 2.24) is 19.9 Å². The fraction of sp³-hybridized carbons (Fsp3) is 0. The summed E-state index contributed by atoms with van der Waals surface area (Å²) in [5.74, 6) is 1.83. The zero-order chi connectivity index (χ0) is 29.7. The van der Waals surface area contributed by atoms with Crippen LogP contribution in [0.4, 0.5) is 0 Å². The minimum atomic E-state index is 0.600. The van der Waals surface area contributed by atoms with Crippen molar-refractivity contribution in [2.45, 2.75) is 0 Å². The van der Waals surface area contributed by atoms with E-state index in [1.54, 1.807) is 0 Å². The Morgan fingerprint density at radius 2 is 1.13 bits per heavy atom. The van der Waals surface area contributed by atoms with Gasteiger partial charge in [-0.3, -0.25) is 4.98 Å². The second-order valence-electron chi connectivity index (χ2n) is 11.1. The highest BCUT2D eigenvalue weighted by Gasteiger charge is 2.18. The van der Waals surface area contributed by atoms with Gasteiger partial charge in [0.05, 0.1) is 5.52 Å². The van der Waals surface area contributed by atoms with E-state index < -0.39 is 0 Å². The molecule has 5 heteroatoms. The van der Waals surface area contributed by atoms with Crippen LogP contribution in [0.3, 0.4) is 0 Å². The summed E-state index contributed by atoms with van der Waals surface area (Å²) < 4.78 is 6.21. The Bertz CT molecular complexity index is 2550. The van der Waals surface area contributed by atoms with Gasteiger partial charge in [-0.1, -0.05) is 109 Å². The van der Waals surface area contributed by atoms with Crippen molar-refractivity contribution in [3.05, 3.63) is 146 Å².